The predicted molar refractivity (Wildman–Crippen MR) is 89.7 cm³/mol. The number of benzene rings is 1. The van der Waals surface area contributed by atoms with Gasteiger partial charge in [0, 0.05) is 16.3 Å². The third-order valence-electron chi connectivity index (χ3n) is 3.01. The molecule has 21 heavy (non-hydrogen) atoms. The Balaban J connectivity index is 3.37. The average molecular weight is 309 g/mol. The molecule has 4 nitrogen and oxygen atoms in total. The van der Waals surface area contributed by atoms with Crippen molar-refractivity contribution in [3.63, 3.8) is 0 Å². The first-order chi connectivity index (χ1) is 9.49. The minimum absolute atomic E-state index is 0.124. The van der Waals surface area contributed by atoms with Crippen LogP contribution in [0.25, 0.3) is 0 Å². The Hall–Kier alpha value is -1.49. The molecular formula is C16H27NO3Si. The van der Waals surface area contributed by atoms with Gasteiger partial charge in [0.1, 0.15) is 11.5 Å². The second kappa shape index (κ2) is 6.09. The Morgan fingerprint density at radius 3 is 1.76 bits per heavy atom. The quantitative estimate of drug-likeness (QED) is 0.870. The summed E-state index contributed by atoms with van der Waals surface area (Å²) in [5.74, 6) is 1.33. The lowest BCUT2D eigenvalue weighted by Crippen LogP contribution is -2.42. The van der Waals surface area contributed by atoms with Gasteiger partial charge in [-0.2, -0.15) is 0 Å². The maximum absolute atomic E-state index is 12.3. The molecule has 0 aliphatic rings. The van der Waals surface area contributed by atoms with E-state index in [-0.39, 0.29) is 11.4 Å². The number of nitrogens with one attached hydrogen (secondary N) is 1. The topological polar surface area (TPSA) is 47.6 Å². The van der Waals surface area contributed by atoms with Crippen LogP contribution in [0.2, 0.25) is 19.6 Å². The van der Waals surface area contributed by atoms with Crippen molar-refractivity contribution in [3.05, 3.63) is 17.7 Å². The number of hydrogen-bond acceptors (Lipinski definition) is 3. The van der Waals surface area contributed by atoms with Gasteiger partial charge in [-0.3, -0.25) is 4.79 Å². The van der Waals surface area contributed by atoms with E-state index in [2.05, 4.69) is 25.0 Å². The van der Waals surface area contributed by atoms with Crippen LogP contribution in [0.4, 0.5) is 0 Å². The first kappa shape index (κ1) is 17.6. The molecule has 0 aliphatic carbocycles. The van der Waals surface area contributed by atoms with E-state index in [9.17, 15) is 4.79 Å². The molecule has 0 unspecified atom stereocenters. The molecule has 1 amide bonds. The summed E-state index contributed by atoms with van der Waals surface area (Å²) >= 11 is 0. The average Bonchev–Trinajstić information content (AvgIpc) is 2.33. The van der Waals surface area contributed by atoms with Crippen LogP contribution in [-0.4, -0.2) is 33.7 Å². The lowest BCUT2D eigenvalue weighted by atomic mass is 10.1. The molecular weight excluding hydrogens is 282 g/mol. The predicted octanol–water partition coefficient (Wildman–Crippen LogP) is 2.78. The summed E-state index contributed by atoms with van der Waals surface area (Å²) in [5.41, 5.74) is 0.273. The number of amides is 1. The number of carbonyl (C=O) groups is 1. The monoisotopic (exact) mass is 309 g/mol. The van der Waals surface area contributed by atoms with E-state index in [1.54, 1.807) is 26.4 Å². The highest BCUT2D eigenvalue weighted by Gasteiger charge is 2.28. The van der Waals surface area contributed by atoms with Crippen LogP contribution in [0.15, 0.2) is 12.1 Å². The highest BCUT2D eigenvalue weighted by atomic mass is 28.3. The van der Waals surface area contributed by atoms with Crippen molar-refractivity contribution in [1.29, 1.82) is 0 Å². The second-order valence-corrected chi connectivity index (χ2v) is 12.2. The molecule has 1 N–H and O–H groups in total. The van der Waals surface area contributed by atoms with Gasteiger partial charge < -0.3 is 14.8 Å². The molecule has 1 aromatic carbocycles. The third-order valence-corrected chi connectivity index (χ3v) is 5.00. The molecule has 5 heteroatoms. The van der Waals surface area contributed by atoms with Gasteiger partial charge in [-0.25, -0.2) is 0 Å². The number of rotatable bonds is 4. The van der Waals surface area contributed by atoms with Crippen LogP contribution in [0.5, 0.6) is 11.5 Å². The van der Waals surface area contributed by atoms with E-state index in [1.807, 2.05) is 20.8 Å². The van der Waals surface area contributed by atoms with Crippen molar-refractivity contribution >= 4 is 19.2 Å². The van der Waals surface area contributed by atoms with Gasteiger partial charge in [-0.1, -0.05) is 19.6 Å². The Morgan fingerprint density at radius 2 is 1.48 bits per heavy atom. The Labute approximate surface area is 128 Å². The minimum Gasteiger partial charge on any atom is -0.497 e. The molecule has 0 saturated heterocycles. The van der Waals surface area contributed by atoms with Crippen LogP contribution in [0.3, 0.4) is 0 Å². The molecule has 0 bridgehead atoms. The fourth-order valence-corrected chi connectivity index (χ4v) is 4.02. The van der Waals surface area contributed by atoms with E-state index in [4.69, 9.17) is 9.47 Å². The van der Waals surface area contributed by atoms with Gasteiger partial charge in [-0.05, 0) is 32.9 Å². The van der Waals surface area contributed by atoms with Crippen LogP contribution in [0.1, 0.15) is 31.1 Å². The molecule has 0 saturated carbocycles. The van der Waals surface area contributed by atoms with Crippen molar-refractivity contribution < 1.29 is 14.3 Å². The zero-order valence-electron chi connectivity index (χ0n) is 14.4. The maximum atomic E-state index is 12.3. The van der Waals surface area contributed by atoms with Crippen molar-refractivity contribution in [1.82, 2.24) is 5.32 Å². The van der Waals surface area contributed by atoms with Gasteiger partial charge in [0.15, 0.2) is 0 Å². The van der Waals surface area contributed by atoms with Gasteiger partial charge in [0.25, 0.3) is 5.91 Å². The summed E-state index contributed by atoms with van der Waals surface area (Å²) in [7, 11) is 1.61. The SMILES string of the molecule is COc1cc(C(=O)NC(C)(C)C)cc(OC)c1[Si](C)(C)C. The van der Waals surface area contributed by atoms with Crippen molar-refractivity contribution in [2.45, 2.75) is 46.0 Å². The highest BCUT2D eigenvalue weighted by molar-refractivity contribution is 6.90. The minimum atomic E-state index is -1.65. The van der Waals surface area contributed by atoms with Crippen LogP contribution < -0.4 is 20.0 Å². The van der Waals surface area contributed by atoms with Crippen LogP contribution in [0, 0.1) is 0 Å². The molecule has 0 fully saturated rings. The lowest BCUT2D eigenvalue weighted by molar-refractivity contribution is 0.0919. The standard InChI is InChI=1S/C16H27NO3Si/c1-16(2,3)17-15(18)11-9-12(19-4)14(21(6,7)8)13(10-11)20-5/h9-10H,1-8H3,(H,17,18). The summed E-state index contributed by atoms with van der Waals surface area (Å²) < 4.78 is 11.0. The van der Waals surface area contributed by atoms with E-state index in [0.29, 0.717) is 5.56 Å². The van der Waals surface area contributed by atoms with E-state index >= 15 is 0 Å². The number of methoxy groups -OCH3 is 2. The molecule has 0 radical (unpaired) electrons. The van der Waals surface area contributed by atoms with E-state index < -0.39 is 8.07 Å². The largest absolute Gasteiger partial charge is 0.497 e. The summed E-state index contributed by atoms with van der Waals surface area (Å²) in [6.07, 6.45) is 0. The Kier molecular flexibility index (Phi) is 5.10. The first-order valence-electron chi connectivity index (χ1n) is 7.08. The molecule has 118 valence electrons. The number of hydrogen-bond donors (Lipinski definition) is 1. The van der Waals surface area contributed by atoms with Crippen molar-refractivity contribution in [2.75, 3.05) is 14.2 Å². The fraction of sp³-hybridized carbons (Fsp3) is 0.562. The summed E-state index contributed by atoms with van der Waals surface area (Å²) in [5, 5.41) is 4.05. The van der Waals surface area contributed by atoms with Gasteiger partial charge in [0.05, 0.1) is 22.3 Å². The van der Waals surface area contributed by atoms with E-state index in [0.717, 1.165) is 16.7 Å². The third kappa shape index (κ3) is 4.49. The van der Waals surface area contributed by atoms with Gasteiger partial charge in [-0.15, -0.1) is 0 Å². The summed E-state index contributed by atoms with van der Waals surface area (Å²) in [6.45, 7) is 12.5. The van der Waals surface area contributed by atoms with Gasteiger partial charge >= 0.3 is 0 Å². The Morgan fingerprint density at radius 1 is 1.05 bits per heavy atom. The fourth-order valence-electron chi connectivity index (χ4n) is 2.19. The molecule has 1 aromatic rings. The smallest absolute Gasteiger partial charge is 0.251 e. The second-order valence-electron chi connectivity index (χ2n) is 7.21. The first-order valence-corrected chi connectivity index (χ1v) is 10.6. The van der Waals surface area contributed by atoms with Gasteiger partial charge in [0.2, 0.25) is 0 Å². The lowest BCUT2D eigenvalue weighted by Gasteiger charge is -2.25. The molecule has 0 spiro atoms. The normalized spacial score (nSPS) is 12.0. The molecule has 1 rings (SSSR count). The van der Waals surface area contributed by atoms with Crippen LogP contribution in [-0.2, 0) is 0 Å². The number of ether oxygens (including phenoxy) is 2. The zero-order valence-corrected chi connectivity index (χ0v) is 15.4. The summed E-state index contributed by atoms with van der Waals surface area (Å²) in [4.78, 5) is 12.3. The Bertz CT molecular complexity index is 502. The molecule has 0 aromatic heterocycles. The van der Waals surface area contributed by atoms with Crippen molar-refractivity contribution in [3.8, 4) is 11.5 Å². The maximum Gasteiger partial charge on any atom is 0.251 e. The van der Waals surface area contributed by atoms with Crippen LogP contribution >= 0.6 is 0 Å². The van der Waals surface area contributed by atoms with E-state index in [1.165, 1.54) is 0 Å². The highest BCUT2D eigenvalue weighted by Crippen LogP contribution is 2.25. The zero-order chi connectivity index (χ0) is 16.4. The molecule has 0 atom stereocenters. The summed E-state index contributed by atoms with van der Waals surface area (Å²) in [6, 6.07) is 3.61. The molecule has 0 aliphatic heterocycles. The van der Waals surface area contributed by atoms with Crippen molar-refractivity contribution in [2.24, 2.45) is 0 Å². The number of carbonyl (C=O) groups excluding carboxylic acids is 1. The molecule has 0 heterocycles.